The van der Waals surface area contributed by atoms with Gasteiger partial charge in [0.05, 0.1) is 12.1 Å². The molecule has 3 aliphatic rings. The lowest BCUT2D eigenvalue weighted by Crippen LogP contribution is -2.46. The summed E-state index contributed by atoms with van der Waals surface area (Å²) < 4.78 is 0. The maximum Gasteiger partial charge on any atom is 0.237 e. The Hall–Kier alpha value is -0.360. The van der Waals surface area contributed by atoms with Crippen LogP contribution in [0.5, 0.6) is 0 Å². The molecule has 6 heteroatoms. The van der Waals surface area contributed by atoms with Crippen LogP contribution in [0.1, 0.15) is 51.4 Å². The van der Waals surface area contributed by atoms with Crippen molar-refractivity contribution in [3.8, 4) is 0 Å². The number of aliphatic hydroxyl groups excluding tert-OH is 1. The van der Waals surface area contributed by atoms with E-state index in [1.165, 1.54) is 58.0 Å². The standard InChI is InChI=1S/C18H33N3O2.ClH/c22-16-9-17(19-11-16)18(23)20-10-15-7-4-8-21(13-15)12-14-5-2-1-3-6-14;/h14-17,19,22H,1-13H2,(H,20,23);1H. The van der Waals surface area contributed by atoms with E-state index in [9.17, 15) is 9.90 Å². The summed E-state index contributed by atoms with van der Waals surface area (Å²) in [5, 5.41) is 15.7. The van der Waals surface area contributed by atoms with Crippen molar-refractivity contribution in [2.45, 2.75) is 63.5 Å². The fourth-order valence-corrected chi connectivity index (χ4v) is 4.50. The maximum absolute atomic E-state index is 12.1. The van der Waals surface area contributed by atoms with Gasteiger partial charge in [0.25, 0.3) is 0 Å². The third-order valence-electron chi connectivity index (χ3n) is 5.83. The van der Waals surface area contributed by atoms with Crippen LogP contribution in [0, 0.1) is 11.8 Å². The van der Waals surface area contributed by atoms with Crippen molar-refractivity contribution in [1.29, 1.82) is 0 Å². The van der Waals surface area contributed by atoms with Gasteiger partial charge < -0.3 is 20.6 Å². The zero-order chi connectivity index (χ0) is 16.1. The molecule has 1 amide bonds. The van der Waals surface area contributed by atoms with Gasteiger partial charge in [0.1, 0.15) is 0 Å². The van der Waals surface area contributed by atoms with Crippen LogP contribution in [0.4, 0.5) is 0 Å². The SMILES string of the molecule is Cl.O=C(NCC1CCCN(CC2CCCCC2)C1)C1CC(O)CN1. The van der Waals surface area contributed by atoms with E-state index in [1.54, 1.807) is 0 Å². The highest BCUT2D eigenvalue weighted by molar-refractivity contribution is 5.85. The van der Waals surface area contributed by atoms with E-state index in [0.29, 0.717) is 18.9 Å². The Bertz CT molecular complexity index is 390. The Morgan fingerprint density at radius 3 is 2.58 bits per heavy atom. The van der Waals surface area contributed by atoms with Crippen molar-refractivity contribution in [2.75, 3.05) is 32.7 Å². The summed E-state index contributed by atoms with van der Waals surface area (Å²) in [5.41, 5.74) is 0. The Balaban J connectivity index is 0.00000208. The molecule has 2 aliphatic heterocycles. The summed E-state index contributed by atoms with van der Waals surface area (Å²) in [6, 6.07) is -0.202. The number of β-amino-alcohol motifs (C(OH)–C–C–N with tert-alkyl or cyclic N) is 1. The molecular formula is C18H34ClN3O2. The monoisotopic (exact) mass is 359 g/mol. The largest absolute Gasteiger partial charge is 0.392 e. The average molecular weight is 360 g/mol. The molecule has 3 unspecified atom stereocenters. The Morgan fingerprint density at radius 2 is 1.88 bits per heavy atom. The topological polar surface area (TPSA) is 64.6 Å². The van der Waals surface area contributed by atoms with E-state index in [1.807, 2.05) is 0 Å². The van der Waals surface area contributed by atoms with Crippen molar-refractivity contribution in [1.82, 2.24) is 15.5 Å². The van der Waals surface area contributed by atoms with E-state index in [-0.39, 0.29) is 30.5 Å². The number of piperidine rings is 1. The maximum atomic E-state index is 12.1. The van der Waals surface area contributed by atoms with Gasteiger partial charge >= 0.3 is 0 Å². The van der Waals surface area contributed by atoms with Crippen LogP contribution in [-0.4, -0.2) is 60.8 Å². The van der Waals surface area contributed by atoms with Crippen molar-refractivity contribution in [3.05, 3.63) is 0 Å². The number of amides is 1. The van der Waals surface area contributed by atoms with Crippen LogP contribution < -0.4 is 10.6 Å². The molecule has 3 atom stereocenters. The third kappa shape index (κ3) is 5.87. The quantitative estimate of drug-likeness (QED) is 0.696. The van der Waals surface area contributed by atoms with E-state index in [0.717, 1.165) is 19.0 Å². The van der Waals surface area contributed by atoms with Gasteiger partial charge in [-0.25, -0.2) is 0 Å². The van der Waals surface area contributed by atoms with Gasteiger partial charge in [-0.1, -0.05) is 19.3 Å². The fraction of sp³-hybridized carbons (Fsp3) is 0.944. The lowest BCUT2D eigenvalue weighted by molar-refractivity contribution is -0.123. The first-order valence-electron chi connectivity index (χ1n) is 9.62. The molecule has 0 aromatic heterocycles. The number of carbonyl (C=O) groups is 1. The summed E-state index contributed by atoms with van der Waals surface area (Å²) in [4.78, 5) is 14.8. The van der Waals surface area contributed by atoms with Crippen LogP contribution >= 0.6 is 12.4 Å². The minimum atomic E-state index is -0.369. The summed E-state index contributed by atoms with van der Waals surface area (Å²) in [6.45, 7) is 4.96. The van der Waals surface area contributed by atoms with Crippen molar-refractivity contribution >= 4 is 18.3 Å². The molecule has 0 aromatic rings. The Labute approximate surface area is 152 Å². The molecule has 140 valence electrons. The van der Waals surface area contributed by atoms with Gasteiger partial charge in [-0.3, -0.25) is 4.79 Å². The molecule has 3 N–H and O–H groups in total. The Kier molecular flexibility index (Phi) is 8.28. The summed E-state index contributed by atoms with van der Waals surface area (Å²) in [6.07, 6.45) is 9.73. The van der Waals surface area contributed by atoms with Crippen molar-refractivity contribution < 1.29 is 9.90 Å². The molecule has 1 aliphatic carbocycles. The number of halogens is 1. The number of nitrogens with zero attached hydrogens (tertiary/aromatic N) is 1. The first-order chi connectivity index (χ1) is 11.2. The predicted molar refractivity (Wildman–Crippen MR) is 98.4 cm³/mol. The third-order valence-corrected chi connectivity index (χ3v) is 5.83. The average Bonchev–Trinajstić information content (AvgIpc) is 3.01. The first kappa shape index (κ1) is 20.0. The molecule has 3 fully saturated rings. The molecule has 0 bridgehead atoms. The second-order valence-electron chi connectivity index (χ2n) is 7.87. The van der Waals surface area contributed by atoms with Crippen LogP contribution in [0.15, 0.2) is 0 Å². The Morgan fingerprint density at radius 1 is 1.12 bits per heavy atom. The van der Waals surface area contributed by atoms with Crippen molar-refractivity contribution in [2.24, 2.45) is 11.8 Å². The second kappa shape index (κ2) is 9.95. The zero-order valence-electron chi connectivity index (χ0n) is 14.7. The number of rotatable bonds is 5. The lowest BCUT2D eigenvalue weighted by atomic mass is 9.88. The second-order valence-corrected chi connectivity index (χ2v) is 7.87. The van der Waals surface area contributed by atoms with Gasteiger partial charge in [-0.05, 0) is 50.5 Å². The lowest BCUT2D eigenvalue weighted by Gasteiger charge is -2.36. The fourth-order valence-electron chi connectivity index (χ4n) is 4.50. The molecule has 5 nitrogen and oxygen atoms in total. The number of aliphatic hydroxyl groups is 1. The molecule has 0 radical (unpaired) electrons. The number of likely N-dealkylation sites (tertiary alicyclic amines) is 1. The molecule has 0 spiro atoms. The van der Waals surface area contributed by atoms with Crippen LogP contribution in [0.3, 0.4) is 0 Å². The number of hydrogen-bond acceptors (Lipinski definition) is 4. The van der Waals surface area contributed by atoms with Crippen molar-refractivity contribution in [3.63, 3.8) is 0 Å². The highest BCUT2D eigenvalue weighted by atomic mass is 35.5. The van der Waals surface area contributed by atoms with Gasteiger partial charge in [-0.2, -0.15) is 0 Å². The molecule has 2 heterocycles. The summed E-state index contributed by atoms with van der Waals surface area (Å²) >= 11 is 0. The highest BCUT2D eigenvalue weighted by Crippen LogP contribution is 2.26. The zero-order valence-corrected chi connectivity index (χ0v) is 15.5. The van der Waals surface area contributed by atoms with Crippen LogP contribution in [-0.2, 0) is 4.79 Å². The molecule has 0 aromatic carbocycles. The number of carbonyl (C=O) groups excluding carboxylic acids is 1. The van der Waals surface area contributed by atoms with E-state index in [4.69, 9.17) is 0 Å². The van der Waals surface area contributed by atoms with Gasteiger partial charge in [0.2, 0.25) is 5.91 Å². The molecule has 2 saturated heterocycles. The summed E-state index contributed by atoms with van der Waals surface area (Å²) in [5.74, 6) is 1.55. The van der Waals surface area contributed by atoms with E-state index >= 15 is 0 Å². The normalized spacial score (nSPS) is 32.3. The van der Waals surface area contributed by atoms with Crippen LogP contribution in [0.2, 0.25) is 0 Å². The number of hydrogen-bond donors (Lipinski definition) is 3. The molecule has 24 heavy (non-hydrogen) atoms. The van der Waals surface area contributed by atoms with Gasteiger partial charge in [0, 0.05) is 26.2 Å². The first-order valence-corrected chi connectivity index (χ1v) is 9.62. The predicted octanol–water partition coefficient (Wildman–Crippen LogP) is 1.54. The van der Waals surface area contributed by atoms with E-state index in [2.05, 4.69) is 15.5 Å². The molecular weight excluding hydrogens is 326 g/mol. The summed E-state index contributed by atoms with van der Waals surface area (Å²) in [7, 11) is 0. The van der Waals surface area contributed by atoms with Gasteiger partial charge in [-0.15, -0.1) is 12.4 Å². The number of nitrogens with one attached hydrogen (secondary N) is 2. The van der Waals surface area contributed by atoms with Crippen LogP contribution in [0.25, 0.3) is 0 Å². The highest BCUT2D eigenvalue weighted by Gasteiger charge is 2.29. The minimum absolute atomic E-state index is 0. The van der Waals surface area contributed by atoms with Gasteiger partial charge in [0.15, 0.2) is 0 Å². The van der Waals surface area contributed by atoms with E-state index < -0.39 is 0 Å². The minimum Gasteiger partial charge on any atom is -0.392 e. The molecule has 3 rings (SSSR count). The smallest absolute Gasteiger partial charge is 0.237 e. The molecule has 1 saturated carbocycles.